The minimum atomic E-state index is 0. The molecule has 0 radical (unpaired) electrons. The molecular weight excluding hydrogens is 366 g/mol. The van der Waals surface area contributed by atoms with Crippen molar-refractivity contribution in [1.29, 1.82) is 0 Å². The minimum absolute atomic E-state index is 0. The van der Waals surface area contributed by atoms with Crippen LogP contribution in [0.1, 0.15) is 12.0 Å². The van der Waals surface area contributed by atoms with E-state index in [4.69, 9.17) is 4.74 Å². The molecular formula is C20H22ClN3OS. The predicted molar refractivity (Wildman–Crippen MR) is 109 cm³/mol. The summed E-state index contributed by atoms with van der Waals surface area (Å²) in [6.07, 6.45) is 1.33. The van der Waals surface area contributed by atoms with E-state index in [0.717, 1.165) is 28.4 Å². The fraction of sp³-hybridized carbons (Fsp3) is 0.350. The summed E-state index contributed by atoms with van der Waals surface area (Å²) < 4.78 is 7.09. The number of fused-ring (bicyclic) bond motifs is 2. The molecule has 1 N–H and O–H groups in total. The topological polar surface area (TPSA) is 37.4 Å². The van der Waals surface area contributed by atoms with Gasteiger partial charge >= 0.3 is 0 Å². The molecule has 2 aliphatic heterocycles. The van der Waals surface area contributed by atoms with E-state index in [1.165, 1.54) is 31.6 Å². The number of likely N-dealkylation sites (tertiary alicyclic amines) is 1. The Kier molecular flexibility index (Phi) is 5.14. The van der Waals surface area contributed by atoms with Crippen LogP contribution in [-0.2, 0) is 6.54 Å². The molecule has 2 fully saturated rings. The summed E-state index contributed by atoms with van der Waals surface area (Å²) in [6.45, 7) is 4.62. The zero-order valence-electron chi connectivity index (χ0n) is 14.4. The van der Waals surface area contributed by atoms with E-state index in [-0.39, 0.29) is 12.4 Å². The number of halogens is 1. The summed E-state index contributed by atoms with van der Waals surface area (Å²) in [5.41, 5.74) is 2.34. The normalized spacial score (nSPS) is 22.3. The first-order chi connectivity index (χ1) is 12.3. The van der Waals surface area contributed by atoms with Crippen molar-refractivity contribution < 1.29 is 4.74 Å². The van der Waals surface area contributed by atoms with E-state index in [1.54, 1.807) is 11.3 Å². The van der Waals surface area contributed by atoms with Gasteiger partial charge in [-0.3, -0.25) is 4.90 Å². The smallest absolute Gasteiger partial charge is 0.279 e. The third kappa shape index (κ3) is 3.58. The lowest BCUT2D eigenvalue weighted by atomic mass is 10.1. The molecule has 26 heavy (non-hydrogen) atoms. The van der Waals surface area contributed by atoms with Crippen molar-refractivity contribution in [3.63, 3.8) is 0 Å². The van der Waals surface area contributed by atoms with Crippen LogP contribution < -0.4 is 10.1 Å². The zero-order chi connectivity index (χ0) is 16.6. The van der Waals surface area contributed by atoms with Gasteiger partial charge in [0.1, 0.15) is 5.75 Å². The first-order valence-electron chi connectivity index (χ1n) is 8.91. The highest BCUT2D eigenvalue weighted by atomic mass is 35.5. The molecule has 3 heterocycles. The molecule has 0 spiro atoms. The molecule has 3 aromatic rings. The lowest BCUT2D eigenvalue weighted by molar-refractivity contribution is 0.306. The van der Waals surface area contributed by atoms with Crippen molar-refractivity contribution >= 4 is 34.0 Å². The largest absolute Gasteiger partial charge is 0.431 e. The van der Waals surface area contributed by atoms with Crippen LogP contribution >= 0.6 is 23.7 Å². The lowest BCUT2D eigenvalue weighted by Gasteiger charge is -2.17. The van der Waals surface area contributed by atoms with Crippen molar-refractivity contribution in [2.24, 2.45) is 5.92 Å². The van der Waals surface area contributed by atoms with Gasteiger partial charge in [0.2, 0.25) is 0 Å². The Hall–Kier alpha value is -1.66. The first kappa shape index (κ1) is 17.7. The number of nitrogens with one attached hydrogen (secondary N) is 1. The number of thiazole rings is 1. The fourth-order valence-corrected chi connectivity index (χ4v) is 4.82. The van der Waals surface area contributed by atoms with Crippen LogP contribution in [0.15, 0.2) is 48.5 Å². The quantitative estimate of drug-likeness (QED) is 0.724. The van der Waals surface area contributed by atoms with Gasteiger partial charge in [0.25, 0.3) is 5.19 Å². The Bertz CT molecular complexity index is 837. The van der Waals surface area contributed by atoms with Crippen LogP contribution in [0, 0.1) is 5.92 Å². The molecule has 2 unspecified atom stereocenters. The number of hydrogen-bond donors (Lipinski definition) is 1. The molecule has 136 valence electrons. The first-order valence-corrected chi connectivity index (χ1v) is 9.73. The van der Waals surface area contributed by atoms with Crippen LogP contribution in [0.3, 0.4) is 0 Å². The molecule has 1 aromatic heterocycles. The summed E-state index contributed by atoms with van der Waals surface area (Å²) in [6, 6.07) is 17.3. The molecule has 6 heteroatoms. The second kappa shape index (κ2) is 7.53. The van der Waals surface area contributed by atoms with Gasteiger partial charge in [-0.05, 0) is 48.7 Å². The Balaban J connectivity index is 0.00000168. The number of nitrogens with zero attached hydrogens (tertiary/aromatic N) is 2. The van der Waals surface area contributed by atoms with Crippen molar-refractivity contribution in [2.75, 3.05) is 19.6 Å². The Labute approximate surface area is 163 Å². The SMILES string of the molecule is Cl.c1ccc2sc(Oc3ccc(CN4CC5CCNC5C4)cc3)nc2c1. The van der Waals surface area contributed by atoms with Gasteiger partial charge in [0.15, 0.2) is 0 Å². The molecule has 4 nitrogen and oxygen atoms in total. The maximum atomic E-state index is 5.93. The van der Waals surface area contributed by atoms with E-state index in [0.29, 0.717) is 11.2 Å². The van der Waals surface area contributed by atoms with E-state index in [1.807, 2.05) is 18.2 Å². The van der Waals surface area contributed by atoms with Gasteiger partial charge in [-0.15, -0.1) is 12.4 Å². The average Bonchev–Trinajstić information content (AvgIpc) is 3.30. The fourth-order valence-electron chi connectivity index (χ4n) is 3.98. The summed E-state index contributed by atoms with van der Waals surface area (Å²) in [4.78, 5) is 7.09. The van der Waals surface area contributed by atoms with Gasteiger partial charge in [0.05, 0.1) is 10.2 Å². The molecule has 5 rings (SSSR count). The third-order valence-electron chi connectivity index (χ3n) is 5.25. The molecule has 2 atom stereocenters. The van der Waals surface area contributed by atoms with Crippen LogP contribution in [0.4, 0.5) is 0 Å². The molecule has 2 saturated heterocycles. The Morgan fingerprint density at radius 2 is 1.96 bits per heavy atom. The van der Waals surface area contributed by atoms with Crippen LogP contribution in [0.25, 0.3) is 10.2 Å². The highest BCUT2D eigenvalue weighted by molar-refractivity contribution is 7.20. The maximum absolute atomic E-state index is 5.93. The molecule has 0 bridgehead atoms. The van der Waals surface area contributed by atoms with Gasteiger partial charge in [-0.25, -0.2) is 4.98 Å². The molecule has 2 aliphatic rings. The molecule has 2 aromatic carbocycles. The lowest BCUT2D eigenvalue weighted by Crippen LogP contribution is -2.29. The van der Waals surface area contributed by atoms with Gasteiger partial charge in [-0.1, -0.05) is 35.6 Å². The van der Waals surface area contributed by atoms with Crippen LogP contribution in [-0.4, -0.2) is 35.6 Å². The summed E-state index contributed by atoms with van der Waals surface area (Å²) >= 11 is 1.58. The molecule has 0 amide bonds. The monoisotopic (exact) mass is 387 g/mol. The van der Waals surface area contributed by atoms with Crippen molar-refractivity contribution in [3.05, 3.63) is 54.1 Å². The van der Waals surface area contributed by atoms with Crippen LogP contribution in [0.5, 0.6) is 10.9 Å². The van der Waals surface area contributed by atoms with Gasteiger partial charge in [0, 0.05) is 25.7 Å². The second-order valence-corrected chi connectivity index (χ2v) is 7.99. The van der Waals surface area contributed by atoms with Crippen molar-refractivity contribution in [1.82, 2.24) is 15.2 Å². The van der Waals surface area contributed by atoms with Crippen LogP contribution in [0.2, 0.25) is 0 Å². The van der Waals surface area contributed by atoms with Crippen molar-refractivity contribution in [3.8, 4) is 10.9 Å². The number of aromatic nitrogens is 1. The second-order valence-electron chi connectivity index (χ2n) is 7.00. The molecule has 0 saturated carbocycles. The molecule has 0 aliphatic carbocycles. The van der Waals surface area contributed by atoms with Gasteiger partial charge in [-0.2, -0.15) is 0 Å². The highest BCUT2D eigenvalue weighted by Gasteiger charge is 2.35. The number of benzene rings is 2. The number of para-hydroxylation sites is 1. The Morgan fingerprint density at radius 3 is 2.77 bits per heavy atom. The number of ether oxygens (including phenoxy) is 1. The maximum Gasteiger partial charge on any atom is 0.279 e. The Morgan fingerprint density at radius 1 is 1.12 bits per heavy atom. The summed E-state index contributed by atoms with van der Waals surface area (Å²) in [7, 11) is 0. The third-order valence-corrected chi connectivity index (χ3v) is 6.16. The van der Waals surface area contributed by atoms with E-state index < -0.39 is 0 Å². The standard InChI is InChI=1S/C20H21N3OS.ClH/c1-2-4-19-17(3-1)22-20(25-19)24-16-7-5-14(6-8-16)11-23-12-15-9-10-21-18(15)13-23;/h1-8,15,18,21H,9-13H2;1H. The number of rotatable bonds is 4. The predicted octanol–water partition coefficient (Wildman–Crippen LogP) is 4.30. The minimum Gasteiger partial charge on any atom is -0.431 e. The van der Waals surface area contributed by atoms with E-state index in [9.17, 15) is 0 Å². The van der Waals surface area contributed by atoms with E-state index >= 15 is 0 Å². The van der Waals surface area contributed by atoms with E-state index in [2.05, 4.69) is 45.5 Å². The average molecular weight is 388 g/mol. The zero-order valence-corrected chi connectivity index (χ0v) is 16.1. The highest BCUT2D eigenvalue weighted by Crippen LogP contribution is 2.31. The van der Waals surface area contributed by atoms with Gasteiger partial charge < -0.3 is 10.1 Å². The van der Waals surface area contributed by atoms with Crippen molar-refractivity contribution in [2.45, 2.75) is 19.0 Å². The number of hydrogen-bond acceptors (Lipinski definition) is 5. The summed E-state index contributed by atoms with van der Waals surface area (Å²) in [5.74, 6) is 1.70. The summed E-state index contributed by atoms with van der Waals surface area (Å²) in [5, 5.41) is 4.32.